The summed E-state index contributed by atoms with van der Waals surface area (Å²) in [5.41, 5.74) is 13.6. The number of carbonyl (C=O) groups excluding carboxylic acids is 1. The lowest BCUT2D eigenvalue weighted by Crippen LogP contribution is -2.27. The molecule has 3 aliphatic rings. The first-order valence-corrected chi connectivity index (χ1v) is 11.7. The Labute approximate surface area is 204 Å². The lowest BCUT2D eigenvalue weighted by atomic mass is 9.87. The van der Waals surface area contributed by atoms with Crippen molar-refractivity contribution in [2.45, 2.75) is 18.5 Å². The minimum atomic E-state index is -0.0528. The molecule has 0 saturated heterocycles. The maximum absolute atomic E-state index is 13.4. The molecule has 0 radical (unpaired) electrons. The molecule has 3 aromatic rings. The third-order valence-corrected chi connectivity index (χ3v) is 6.95. The highest BCUT2D eigenvalue weighted by atomic mass is 16.2. The smallest absolute Gasteiger partial charge is 0.256 e. The molecule has 0 spiro atoms. The van der Waals surface area contributed by atoms with Gasteiger partial charge in [0.2, 0.25) is 0 Å². The molecule has 6 rings (SSSR count). The van der Waals surface area contributed by atoms with E-state index < -0.39 is 0 Å². The molecule has 0 fully saturated rings. The number of nitrogen functional groups attached to an aromatic ring is 1. The number of hydrazone groups is 1. The van der Waals surface area contributed by atoms with Gasteiger partial charge in [0.05, 0.1) is 11.6 Å². The third-order valence-electron chi connectivity index (χ3n) is 6.95. The average molecular weight is 460 g/mol. The summed E-state index contributed by atoms with van der Waals surface area (Å²) in [7, 11) is 0. The Kier molecular flexibility index (Phi) is 5.07. The van der Waals surface area contributed by atoms with Gasteiger partial charge in [-0.2, -0.15) is 5.10 Å². The Morgan fingerprint density at radius 3 is 2.69 bits per heavy atom. The molecule has 2 unspecified atom stereocenters. The molecule has 172 valence electrons. The lowest BCUT2D eigenvalue weighted by Gasteiger charge is -2.27. The van der Waals surface area contributed by atoms with Gasteiger partial charge < -0.3 is 10.6 Å². The van der Waals surface area contributed by atoms with E-state index in [9.17, 15) is 4.79 Å². The Hall–Kier alpha value is -4.45. The summed E-state index contributed by atoms with van der Waals surface area (Å²) in [6, 6.07) is 18.2. The van der Waals surface area contributed by atoms with E-state index in [0.717, 1.165) is 27.8 Å². The molecule has 0 aliphatic carbocycles. The molecular weight excluding hydrogens is 434 g/mol. The number of amides is 1. The molecule has 2 atom stereocenters. The second kappa shape index (κ2) is 8.40. The quantitative estimate of drug-likeness (QED) is 0.562. The summed E-state index contributed by atoms with van der Waals surface area (Å²) in [4.78, 5) is 19.2. The number of nitrogens with zero attached hydrogens (tertiary/aromatic N) is 4. The van der Waals surface area contributed by atoms with Crippen molar-refractivity contribution < 1.29 is 4.79 Å². The van der Waals surface area contributed by atoms with Gasteiger partial charge in [-0.1, -0.05) is 49.1 Å². The van der Waals surface area contributed by atoms with Crippen molar-refractivity contribution in [1.82, 2.24) is 14.9 Å². The van der Waals surface area contributed by atoms with Crippen molar-refractivity contribution in [3.8, 4) is 0 Å². The number of benzene rings is 2. The minimum Gasteiger partial charge on any atom is -0.398 e. The molecule has 2 aromatic carbocycles. The predicted molar refractivity (Wildman–Crippen MR) is 139 cm³/mol. The number of rotatable bonds is 5. The largest absolute Gasteiger partial charge is 0.398 e. The monoisotopic (exact) mass is 459 g/mol. The summed E-state index contributed by atoms with van der Waals surface area (Å²) in [5.74, 6) is 0.114. The summed E-state index contributed by atoms with van der Waals surface area (Å²) in [5, 5.41) is 6.59. The minimum absolute atomic E-state index is 0.0528. The van der Waals surface area contributed by atoms with Crippen molar-refractivity contribution in [1.29, 1.82) is 0 Å². The molecule has 1 aromatic heterocycles. The molecule has 1 amide bonds. The van der Waals surface area contributed by atoms with E-state index in [4.69, 9.17) is 5.73 Å². The molecule has 0 saturated carbocycles. The molecule has 3 aliphatic heterocycles. The fraction of sp³-hybridized carbons (Fsp3) is 0.138. The van der Waals surface area contributed by atoms with Crippen LogP contribution in [-0.2, 0) is 6.54 Å². The van der Waals surface area contributed by atoms with Crippen molar-refractivity contribution >= 4 is 29.0 Å². The Morgan fingerprint density at radius 2 is 1.89 bits per heavy atom. The van der Waals surface area contributed by atoms with E-state index in [1.165, 1.54) is 5.56 Å². The fourth-order valence-corrected chi connectivity index (χ4v) is 5.14. The predicted octanol–water partition coefficient (Wildman–Crippen LogP) is 4.70. The Bertz CT molecular complexity index is 1410. The maximum Gasteiger partial charge on any atom is 0.256 e. The van der Waals surface area contributed by atoms with E-state index in [1.54, 1.807) is 12.4 Å². The number of nitrogens with two attached hydrogens (primary N) is 1. The standard InChI is InChI=1S/C29H25N5O/c1-19(20-9-12-31-13-10-20)17-33-18-25-23(7-8-26(30)28(25)29(33)35)22-11-14-34-27(15-22)24(16-32-34)21-5-3-2-4-6-21/h2-16,24,27H,1,17-18,30H2. The topological polar surface area (TPSA) is 74.8 Å². The van der Waals surface area contributed by atoms with Gasteiger partial charge in [-0.25, -0.2) is 0 Å². The van der Waals surface area contributed by atoms with Gasteiger partial charge in [-0.05, 0) is 57.7 Å². The number of hydrogen-bond acceptors (Lipinski definition) is 5. The first-order valence-electron chi connectivity index (χ1n) is 11.7. The summed E-state index contributed by atoms with van der Waals surface area (Å²) in [6.45, 7) is 5.13. The number of hydrogen-bond donors (Lipinski definition) is 1. The summed E-state index contributed by atoms with van der Waals surface area (Å²) < 4.78 is 0. The Morgan fingerprint density at radius 1 is 1.09 bits per heavy atom. The number of allylic oxidation sites excluding steroid dienone is 2. The first kappa shape index (κ1) is 21.1. The van der Waals surface area contributed by atoms with E-state index >= 15 is 0 Å². The highest BCUT2D eigenvalue weighted by Gasteiger charge is 2.35. The molecular formula is C29H25N5O. The Balaban J connectivity index is 1.31. The SMILES string of the molecule is C=C(CN1Cc2c(C3=CC4C(c5ccccc5)C=NN4C=C3)ccc(N)c2C1=O)c1ccncc1. The van der Waals surface area contributed by atoms with Crippen LogP contribution in [0.5, 0.6) is 0 Å². The normalized spacial score (nSPS) is 20.1. The van der Waals surface area contributed by atoms with Gasteiger partial charge in [0.1, 0.15) is 0 Å². The van der Waals surface area contributed by atoms with Crippen LogP contribution in [0.15, 0.2) is 97.0 Å². The van der Waals surface area contributed by atoms with E-state index in [0.29, 0.717) is 24.3 Å². The van der Waals surface area contributed by atoms with Crippen molar-refractivity contribution in [3.63, 3.8) is 0 Å². The van der Waals surface area contributed by atoms with Crippen molar-refractivity contribution in [3.05, 3.63) is 120 Å². The number of anilines is 1. The zero-order chi connectivity index (χ0) is 23.9. The second-order valence-electron chi connectivity index (χ2n) is 9.07. The van der Waals surface area contributed by atoms with Gasteiger partial charge in [0.25, 0.3) is 5.91 Å². The molecule has 4 heterocycles. The van der Waals surface area contributed by atoms with Crippen LogP contribution in [0.4, 0.5) is 5.69 Å². The van der Waals surface area contributed by atoms with Crippen LogP contribution < -0.4 is 5.73 Å². The number of aromatic nitrogens is 1. The maximum atomic E-state index is 13.4. The third kappa shape index (κ3) is 3.64. The van der Waals surface area contributed by atoms with Gasteiger partial charge >= 0.3 is 0 Å². The average Bonchev–Trinajstić information content (AvgIpc) is 3.46. The zero-order valence-electron chi connectivity index (χ0n) is 19.2. The van der Waals surface area contributed by atoms with Crippen LogP contribution in [0, 0.1) is 0 Å². The highest BCUT2D eigenvalue weighted by molar-refractivity contribution is 6.05. The highest BCUT2D eigenvalue weighted by Crippen LogP contribution is 2.39. The van der Waals surface area contributed by atoms with Crippen LogP contribution in [-0.4, -0.2) is 39.6 Å². The van der Waals surface area contributed by atoms with Gasteiger partial charge in [-0.15, -0.1) is 0 Å². The first-order chi connectivity index (χ1) is 17.1. The van der Waals surface area contributed by atoms with E-state index in [-0.39, 0.29) is 17.9 Å². The summed E-state index contributed by atoms with van der Waals surface area (Å²) >= 11 is 0. The lowest BCUT2D eigenvalue weighted by molar-refractivity contribution is 0.0800. The van der Waals surface area contributed by atoms with Gasteiger partial charge in [0, 0.05) is 49.5 Å². The number of fused-ring (bicyclic) bond motifs is 2. The summed E-state index contributed by atoms with van der Waals surface area (Å²) in [6.07, 6.45) is 11.8. The number of pyridine rings is 1. The van der Waals surface area contributed by atoms with Crippen molar-refractivity contribution in [2.24, 2.45) is 5.10 Å². The number of carbonyl (C=O) groups is 1. The van der Waals surface area contributed by atoms with E-state index in [2.05, 4.69) is 53.1 Å². The van der Waals surface area contributed by atoms with Crippen LogP contribution >= 0.6 is 0 Å². The molecule has 6 nitrogen and oxygen atoms in total. The zero-order valence-corrected chi connectivity index (χ0v) is 19.2. The van der Waals surface area contributed by atoms with Crippen LogP contribution in [0.2, 0.25) is 0 Å². The van der Waals surface area contributed by atoms with Gasteiger partial charge in [-0.3, -0.25) is 14.8 Å². The van der Waals surface area contributed by atoms with Crippen LogP contribution in [0.25, 0.3) is 11.1 Å². The van der Waals surface area contributed by atoms with Gasteiger partial charge in [0.15, 0.2) is 0 Å². The van der Waals surface area contributed by atoms with Crippen LogP contribution in [0.3, 0.4) is 0 Å². The molecule has 35 heavy (non-hydrogen) atoms. The van der Waals surface area contributed by atoms with Crippen LogP contribution in [0.1, 0.15) is 38.5 Å². The fourth-order valence-electron chi connectivity index (χ4n) is 5.14. The van der Waals surface area contributed by atoms with E-state index in [1.807, 2.05) is 52.7 Å². The molecule has 0 bridgehead atoms. The second-order valence-corrected chi connectivity index (χ2v) is 9.07. The molecule has 6 heteroatoms. The molecule has 2 N–H and O–H groups in total. The van der Waals surface area contributed by atoms with Crippen molar-refractivity contribution in [2.75, 3.05) is 12.3 Å².